The van der Waals surface area contributed by atoms with Gasteiger partial charge in [-0.2, -0.15) is 0 Å². The van der Waals surface area contributed by atoms with E-state index in [-0.39, 0.29) is 0 Å². The number of aryl methyl sites for hydroxylation is 6. The van der Waals surface area contributed by atoms with Crippen LogP contribution in [0, 0.1) is 41.5 Å². The standard InChI is InChI=1S/C72H54N4/c1-43-37-44(2)40-51(39-43)73(57-31-15-13-21-47(57)5)59-33-19-35-61-65(59)53-27-17-29-55-67-64(50-25-11-8-12-26-50)72-68(63(49-23-9-7-10-24-49)71(67)75(61)69(53)55)56-30-18-28-54-66-60(34-20-36-62(66)76(72)70(54)56)74(58-32-16-14-22-48(58)6)52-41-45(3)38-46(4)42-52/h7-42H,1-6H3. The molecule has 0 N–H and O–H groups in total. The van der Waals surface area contributed by atoms with E-state index in [2.05, 4.69) is 279 Å². The van der Waals surface area contributed by atoms with Crippen LogP contribution in [-0.2, 0) is 0 Å². The fourth-order valence-electron chi connectivity index (χ4n) is 13.5. The molecule has 11 aromatic carbocycles. The highest BCUT2D eigenvalue weighted by Crippen LogP contribution is 2.56. The van der Waals surface area contributed by atoms with Gasteiger partial charge in [0.05, 0.1) is 44.5 Å². The highest BCUT2D eigenvalue weighted by atomic mass is 15.2. The zero-order valence-corrected chi connectivity index (χ0v) is 43.6. The van der Waals surface area contributed by atoms with Crippen molar-refractivity contribution in [1.82, 2.24) is 8.80 Å². The lowest BCUT2D eigenvalue weighted by molar-refractivity contribution is 1.24. The second-order valence-corrected chi connectivity index (χ2v) is 21.3. The Morgan fingerprint density at radius 3 is 0.987 bits per heavy atom. The first kappa shape index (κ1) is 44.1. The Kier molecular flexibility index (Phi) is 9.62. The van der Waals surface area contributed by atoms with Gasteiger partial charge < -0.3 is 18.6 Å². The van der Waals surface area contributed by atoms with Crippen LogP contribution in [0.1, 0.15) is 33.4 Å². The average Bonchev–Trinajstić information content (AvgIpc) is 4.24. The maximum Gasteiger partial charge on any atom is 0.0634 e. The Morgan fingerprint density at radius 1 is 0.276 bits per heavy atom. The van der Waals surface area contributed by atoms with Crippen LogP contribution in [-0.4, -0.2) is 8.80 Å². The number of anilines is 6. The smallest absolute Gasteiger partial charge is 0.0634 e. The fourth-order valence-corrected chi connectivity index (χ4v) is 13.5. The Balaban J connectivity index is 1.14. The van der Waals surface area contributed by atoms with Crippen molar-refractivity contribution in [3.63, 3.8) is 0 Å². The first-order valence-corrected chi connectivity index (χ1v) is 26.6. The van der Waals surface area contributed by atoms with E-state index in [9.17, 15) is 0 Å². The molecule has 0 amide bonds. The molecule has 0 aliphatic heterocycles. The van der Waals surface area contributed by atoms with Gasteiger partial charge in [0, 0.05) is 77.0 Å². The lowest BCUT2D eigenvalue weighted by Crippen LogP contribution is -2.12. The number of para-hydroxylation sites is 4. The van der Waals surface area contributed by atoms with Crippen molar-refractivity contribution in [1.29, 1.82) is 0 Å². The predicted octanol–water partition coefficient (Wildman–Crippen LogP) is 20.1. The zero-order valence-electron chi connectivity index (χ0n) is 43.6. The van der Waals surface area contributed by atoms with E-state index in [4.69, 9.17) is 0 Å². The number of aromatic nitrogens is 2. The van der Waals surface area contributed by atoms with Crippen molar-refractivity contribution < 1.29 is 0 Å². The topological polar surface area (TPSA) is 15.3 Å². The normalized spacial score (nSPS) is 12.1. The van der Waals surface area contributed by atoms with E-state index in [1.165, 1.54) is 143 Å². The Hall–Kier alpha value is -9.38. The van der Waals surface area contributed by atoms with Crippen LogP contribution in [0.15, 0.2) is 218 Å². The zero-order chi connectivity index (χ0) is 51.1. The van der Waals surface area contributed by atoms with Crippen molar-refractivity contribution in [2.75, 3.05) is 9.80 Å². The summed E-state index contributed by atoms with van der Waals surface area (Å²) in [7, 11) is 0. The highest BCUT2D eigenvalue weighted by Gasteiger charge is 2.33. The van der Waals surface area contributed by atoms with Crippen LogP contribution < -0.4 is 9.80 Å². The van der Waals surface area contributed by atoms with Gasteiger partial charge in [-0.15, -0.1) is 0 Å². The SMILES string of the molecule is Cc1cc(C)cc(N(c2ccccc2C)c2cccc3c2c2cccc4c5c(-c6ccccc6)c6c(c(-c7ccccc7)c5n3c24)c2cccc3c4c(N(c5cc(C)cc(C)c5)c5ccccc5C)cccc4n6c32)c1. The predicted molar refractivity (Wildman–Crippen MR) is 324 cm³/mol. The van der Waals surface area contributed by atoms with E-state index in [0.29, 0.717) is 0 Å². The Labute approximate surface area is 442 Å². The van der Waals surface area contributed by atoms with Crippen LogP contribution in [0.25, 0.3) is 98.4 Å². The van der Waals surface area contributed by atoms with Gasteiger partial charge in [-0.25, -0.2) is 0 Å². The Bertz CT molecular complexity index is 4480. The van der Waals surface area contributed by atoms with Crippen LogP contribution >= 0.6 is 0 Å². The molecule has 0 aliphatic carbocycles. The van der Waals surface area contributed by atoms with Crippen LogP contribution in [0.3, 0.4) is 0 Å². The van der Waals surface area contributed by atoms with Crippen molar-refractivity contribution >= 4 is 110 Å². The lowest BCUT2D eigenvalue weighted by Gasteiger charge is -2.28. The molecule has 0 saturated carbocycles. The molecular formula is C72H54N4. The number of hydrogen-bond donors (Lipinski definition) is 0. The van der Waals surface area contributed by atoms with Gasteiger partial charge in [0.25, 0.3) is 0 Å². The summed E-state index contributed by atoms with van der Waals surface area (Å²) in [6, 6.07) is 81.9. The summed E-state index contributed by atoms with van der Waals surface area (Å²) in [5.74, 6) is 0. The van der Waals surface area contributed by atoms with Crippen molar-refractivity contribution in [3.05, 3.63) is 252 Å². The largest absolute Gasteiger partial charge is 0.310 e. The average molecular weight is 975 g/mol. The molecular weight excluding hydrogens is 921 g/mol. The van der Waals surface area contributed by atoms with Gasteiger partial charge in [-0.05, 0) is 147 Å². The molecule has 362 valence electrons. The van der Waals surface area contributed by atoms with E-state index >= 15 is 0 Å². The van der Waals surface area contributed by atoms with Crippen molar-refractivity contribution in [2.24, 2.45) is 0 Å². The summed E-state index contributed by atoms with van der Waals surface area (Å²) >= 11 is 0. The molecule has 0 bridgehead atoms. The molecule has 4 nitrogen and oxygen atoms in total. The molecule has 0 aliphatic rings. The maximum absolute atomic E-state index is 2.64. The molecule has 4 heteroatoms. The lowest BCUT2D eigenvalue weighted by atomic mass is 9.89. The summed E-state index contributed by atoms with van der Waals surface area (Å²) in [5, 5.41) is 9.96. The van der Waals surface area contributed by atoms with Gasteiger partial charge in [0.15, 0.2) is 0 Å². The molecule has 0 saturated heterocycles. The molecule has 4 aromatic heterocycles. The highest BCUT2D eigenvalue weighted by molar-refractivity contribution is 6.39. The van der Waals surface area contributed by atoms with Crippen molar-refractivity contribution in [2.45, 2.75) is 41.5 Å². The second kappa shape index (κ2) is 16.6. The van der Waals surface area contributed by atoms with E-state index < -0.39 is 0 Å². The first-order valence-electron chi connectivity index (χ1n) is 26.6. The van der Waals surface area contributed by atoms with Gasteiger partial charge in [0.2, 0.25) is 0 Å². The minimum absolute atomic E-state index is 1.16. The molecule has 15 rings (SSSR count). The molecule has 76 heavy (non-hydrogen) atoms. The van der Waals surface area contributed by atoms with Gasteiger partial charge in [-0.1, -0.05) is 158 Å². The van der Waals surface area contributed by atoms with Crippen LogP contribution in [0.2, 0.25) is 0 Å². The number of fused-ring (bicyclic) bond motifs is 12. The van der Waals surface area contributed by atoms with Crippen LogP contribution in [0.5, 0.6) is 0 Å². The van der Waals surface area contributed by atoms with E-state index in [1.54, 1.807) is 0 Å². The minimum Gasteiger partial charge on any atom is -0.310 e. The van der Waals surface area contributed by atoms with Gasteiger partial charge in [-0.3, -0.25) is 0 Å². The monoisotopic (exact) mass is 974 g/mol. The minimum atomic E-state index is 1.16. The molecule has 0 spiro atoms. The molecule has 0 radical (unpaired) electrons. The number of benzene rings is 11. The quantitative estimate of drug-likeness (QED) is 0.151. The second-order valence-electron chi connectivity index (χ2n) is 21.3. The maximum atomic E-state index is 2.64. The summed E-state index contributed by atoms with van der Waals surface area (Å²) in [6.07, 6.45) is 0. The number of hydrogen-bond acceptors (Lipinski definition) is 2. The van der Waals surface area contributed by atoms with E-state index in [1.807, 2.05) is 0 Å². The third-order valence-corrected chi connectivity index (χ3v) is 16.3. The summed E-state index contributed by atoms with van der Waals surface area (Å²) in [5.41, 5.74) is 26.6. The van der Waals surface area contributed by atoms with E-state index in [0.717, 1.165) is 22.7 Å². The fraction of sp³-hybridized carbons (Fsp3) is 0.0833. The van der Waals surface area contributed by atoms with Crippen molar-refractivity contribution in [3.8, 4) is 22.3 Å². The molecule has 0 atom stereocenters. The van der Waals surface area contributed by atoms with Gasteiger partial charge >= 0.3 is 0 Å². The number of nitrogens with zero attached hydrogens (tertiary/aromatic N) is 4. The molecule has 0 unspecified atom stereocenters. The summed E-state index contributed by atoms with van der Waals surface area (Å²) in [4.78, 5) is 5.00. The van der Waals surface area contributed by atoms with Crippen LogP contribution in [0.4, 0.5) is 34.1 Å². The summed E-state index contributed by atoms with van der Waals surface area (Å²) in [6.45, 7) is 13.3. The first-order chi connectivity index (χ1) is 37.2. The molecule has 0 fully saturated rings. The number of rotatable bonds is 8. The Morgan fingerprint density at radius 2 is 0.605 bits per heavy atom. The molecule has 15 aromatic rings. The third-order valence-electron chi connectivity index (χ3n) is 16.3. The summed E-state index contributed by atoms with van der Waals surface area (Å²) < 4.78 is 5.28. The van der Waals surface area contributed by atoms with Gasteiger partial charge in [0.1, 0.15) is 0 Å². The third kappa shape index (κ3) is 6.25. The molecule has 4 heterocycles.